The number of hydrogen-bond donors (Lipinski definition) is 0. The van der Waals surface area contributed by atoms with Gasteiger partial charge in [0.1, 0.15) is 0 Å². The van der Waals surface area contributed by atoms with Gasteiger partial charge in [0.25, 0.3) is 0 Å². The maximum atomic E-state index is 6.29. The first kappa shape index (κ1) is 15.5. The van der Waals surface area contributed by atoms with Crippen LogP contribution in [0, 0.1) is 0 Å². The Balaban J connectivity index is 2.91. The van der Waals surface area contributed by atoms with Crippen molar-refractivity contribution in [2.24, 2.45) is 0 Å². The van der Waals surface area contributed by atoms with E-state index in [-0.39, 0.29) is 23.4 Å². The smallest absolute Gasteiger partial charge is 0.0948 e. The number of ether oxygens (including phenoxy) is 2. The highest BCUT2D eigenvalue weighted by Gasteiger charge is 2.51. The van der Waals surface area contributed by atoms with Gasteiger partial charge in [-0.05, 0) is 53.4 Å². The molecule has 0 amide bonds. The second-order valence-corrected chi connectivity index (χ2v) is 5.76. The molecule has 1 saturated heterocycles. The predicted octanol–water partition coefficient (Wildman–Crippen LogP) is 4.26. The Morgan fingerprint density at radius 2 is 1.22 bits per heavy atom. The highest BCUT2D eigenvalue weighted by atomic mass is 16.6. The van der Waals surface area contributed by atoms with E-state index in [0.717, 1.165) is 25.7 Å². The van der Waals surface area contributed by atoms with E-state index in [2.05, 4.69) is 40.9 Å². The molecule has 0 spiro atoms. The van der Waals surface area contributed by atoms with E-state index >= 15 is 0 Å². The van der Waals surface area contributed by atoms with Gasteiger partial charge in [-0.1, -0.05) is 12.2 Å². The van der Waals surface area contributed by atoms with Crippen LogP contribution in [-0.4, -0.2) is 23.4 Å². The van der Waals surface area contributed by atoms with Crippen molar-refractivity contribution in [2.45, 2.75) is 76.8 Å². The largest absolute Gasteiger partial charge is 0.367 e. The van der Waals surface area contributed by atoms with Crippen LogP contribution in [0.4, 0.5) is 0 Å². The molecule has 1 heterocycles. The van der Waals surface area contributed by atoms with Crippen molar-refractivity contribution in [3.63, 3.8) is 0 Å². The quantitative estimate of drug-likeness (QED) is 0.658. The zero-order chi connectivity index (χ0) is 13.8. The summed E-state index contributed by atoms with van der Waals surface area (Å²) in [4.78, 5) is 0. The lowest BCUT2D eigenvalue weighted by molar-refractivity contribution is -0.302. The lowest BCUT2D eigenvalue weighted by Crippen LogP contribution is -2.62. The predicted molar refractivity (Wildman–Crippen MR) is 76.8 cm³/mol. The highest BCUT2D eigenvalue weighted by molar-refractivity contribution is 5.02. The topological polar surface area (TPSA) is 18.5 Å². The summed E-state index contributed by atoms with van der Waals surface area (Å²) in [6.07, 6.45) is 7.96. The van der Waals surface area contributed by atoms with E-state index in [1.54, 1.807) is 0 Å². The monoisotopic (exact) mass is 252 g/mol. The molecule has 2 nitrogen and oxygen atoms in total. The van der Waals surface area contributed by atoms with Crippen LogP contribution in [-0.2, 0) is 9.47 Å². The van der Waals surface area contributed by atoms with Crippen LogP contribution < -0.4 is 0 Å². The van der Waals surface area contributed by atoms with Crippen LogP contribution in [0.15, 0.2) is 25.3 Å². The van der Waals surface area contributed by atoms with Crippen molar-refractivity contribution in [3.05, 3.63) is 25.3 Å². The van der Waals surface area contributed by atoms with Gasteiger partial charge in [0, 0.05) is 0 Å². The number of rotatable bonds is 6. The minimum atomic E-state index is -0.254. The first-order valence-electron chi connectivity index (χ1n) is 6.96. The summed E-state index contributed by atoms with van der Waals surface area (Å²) in [6.45, 7) is 16.1. The molecule has 1 rings (SSSR count). The van der Waals surface area contributed by atoms with Crippen molar-refractivity contribution in [1.82, 2.24) is 0 Å². The van der Waals surface area contributed by atoms with E-state index in [0.29, 0.717) is 0 Å². The molecule has 1 aliphatic heterocycles. The van der Waals surface area contributed by atoms with Crippen molar-refractivity contribution >= 4 is 0 Å². The molecular formula is C16H28O2. The second-order valence-electron chi connectivity index (χ2n) is 5.76. The average Bonchev–Trinajstić information content (AvgIpc) is 2.32. The van der Waals surface area contributed by atoms with Crippen LogP contribution in [0.5, 0.6) is 0 Å². The Bertz CT molecular complexity index is 269. The summed E-state index contributed by atoms with van der Waals surface area (Å²) in [5.41, 5.74) is -0.508. The average molecular weight is 252 g/mol. The minimum Gasteiger partial charge on any atom is -0.367 e. The van der Waals surface area contributed by atoms with Gasteiger partial charge in [0.15, 0.2) is 0 Å². The van der Waals surface area contributed by atoms with E-state index in [1.807, 2.05) is 12.2 Å². The summed E-state index contributed by atoms with van der Waals surface area (Å²) in [5, 5.41) is 0. The van der Waals surface area contributed by atoms with Crippen molar-refractivity contribution in [2.75, 3.05) is 0 Å². The van der Waals surface area contributed by atoms with Crippen molar-refractivity contribution < 1.29 is 9.47 Å². The molecule has 1 aliphatic rings. The van der Waals surface area contributed by atoms with Gasteiger partial charge in [-0.15, -0.1) is 13.2 Å². The molecule has 104 valence electrons. The van der Waals surface area contributed by atoms with Crippen LogP contribution >= 0.6 is 0 Å². The fraction of sp³-hybridized carbons (Fsp3) is 0.750. The zero-order valence-electron chi connectivity index (χ0n) is 12.4. The lowest BCUT2D eigenvalue weighted by atomic mass is 9.77. The second kappa shape index (κ2) is 6.03. The number of hydrogen-bond acceptors (Lipinski definition) is 2. The molecule has 1 fully saturated rings. The number of allylic oxidation sites excluding steroid dienone is 2. The van der Waals surface area contributed by atoms with E-state index in [1.165, 1.54) is 0 Å². The summed E-state index contributed by atoms with van der Waals surface area (Å²) < 4.78 is 12.6. The van der Waals surface area contributed by atoms with Gasteiger partial charge in [0.05, 0.1) is 23.4 Å². The highest BCUT2D eigenvalue weighted by Crippen LogP contribution is 2.43. The summed E-state index contributed by atoms with van der Waals surface area (Å²) in [5.74, 6) is 0. The van der Waals surface area contributed by atoms with Gasteiger partial charge in [0.2, 0.25) is 0 Å². The molecule has 0 aliphatic carbocycles. The summed E-state index contributed by atoms with van der Waals surface area (Å²) in [6, 6.07) is 0. The van der Waals surface area contributed by atoms with Crippen LogP contribution in [0.2, 0.25) is 0 Å². The molecule has 0 saturated carbocycles. The molecule has 0 aromatic rings. The molecule has 0 aromatic heterocycles. The van der Waals surface area contributed by atoms with Crippen molar-refractivity contribution in [3.8, 4) is 0 Å². The molecule has 0 aromatic carbocycles. The van der Waals surface area contributed by atoms with Gasteiger partial charge in [-0.3, -0.25) is 0 Å². The summed E-state index contributed by atoms with van der Waals surface area (Å²) in [7, 11) is 0. The first-order chi connectivity index (χ1) is 8.38. The van der Waals surface area contributed by atoms with E-state index < -0.39 is 0 Å². The zero-order valence-corrected chi connectivity index (χ0v) is 12.4. The SMILES string of the molecule is C=CCCC1(C)OC(C)C(C)OC1(C)CCC=C. The molecule has 18 heavy (non-hydrogen) atoms. The normalized spacial score (nSPS) is 40.4. The third kappa shape index (κ3) is 3.04. The Labute approximate surface area is 112 Å². The molecule has 2 heteroatoms. The molecule has 4 unspecified atom stereocenters. The molecule has 0 bridgehead atoms. The van der Waals surface area contributed by atoms with Gasteiger partial charge >= 0.3 is 0 Å². The van der Waals surface area contributed by atoms with Gasteiger partial charge < -0.3 is 9.47 Å². The Hall–Kier alpha value is -0.600. The molecule has 0 N–H and O–H groups in total. The Morgan fingerprint density at radius 1 is 0.889 bits per heavy atom. The van der Waals surface area contributed by atoms with E-state index in [9.17, 15) is 0 Å². The fourth-order valence-electron chi connectivity index (χ4n) is 2.66. The molecular weight excluding hydrogens is 224 g/mol. The minimum absolute atomic E-state index is 0.136. The maximum absolute atomic E-state index is 6.29. The van der Waals surface area contributed by atoms with Crippen LogP contribution in [0.1, 0.15) is 53.4 Å². The third-order valence-corrected chi connectivity index (χ3v) is 4.32. The van der Waals surface area contributed by atoms with Crippen molar-refractivity contribution in [1.29, 1.82) is 0 Å². The summed E-state index contributed by atoms with van der Waals surface area (Å²) >= 11 is 0. The van der Waals surface area contributed by atoms with Crippen LogP contribution in [0.3, 0.4) is 0 Å². The Kier molecular flexibility index (Phi) is 5.18. The first-order valence-corrected chi connectivity index (χ1v) is 6.96. The van der Waals surface area contributed by atoms with Gasteiger partial charge in [-0.2, -0.15) is 0 Å². The fourth-order valence-corrected chi connectivity index (χ4v) is 2.66. The molecule has 0 radical (unpaired) electrons. The Morgan fingerprint density at radius 3 is 1.50 bits per heavy atom. The lowest BCUT2D eigenvalue weighted by Gasteiger charge is -2.54. The maximum Gasteiger partial charge on any atom is 0.0948 e. The molecule has 4 atom stereocenters. The standard InChI is InChI=1S/C16H28O2/c1-7-9-11-15(5)16(6,12-10-8-2)18-14(4)13(3)17-15/h7-8,13-14H,1-2,9-12H2,3-6H3. The van der Waals surface area contributed by atoms with Gasteiger partial charge in [-0.25, -0.2) is 0 Å². The third-order valence-electron chi connectivity index (χ3n) is 4.32. The van der Waals surface area contributed by atoms with Crippen LogP contribution in [0.25, 0.3) is 0 Å². The van der Waals surface area contributed by atoms with E-state index in [4.69, 9.17) is 9.47 Å².